The van der Waals surface area contributed by atoms with Crippen LogP contribution in [0, 0.1) is 5.82 Å². The quantitative estimate of drug-likeness (QED) is 0.748. The van der Waals surface area contributed by atoms with Gasteiger partial charge in [0.25, 0.3) is 0 Å². The van der Waals surface area contributed by atoms with Gasteiger partial charge in [-0.05, 0) is 32.0 Å². The van der Waals surface area contributed by atoms with E-state index in [1.807, 2.05) is 13.8 Å². The van der Waals surface area contributed by atoms with E-state index in [0.717, 1.165) is 6.54 Å². The molecule has 1 fully saturated rings. The Morgan fingerprint density at radius 1 is 1.39 bits per heavy atom. The van der Waals surface area contributed by atoms with Crippen molar-refractivity contribution in [2.24, 2.45) is 0 Å². The van der Waals surface area contributed by atoms with Crippen molar-refractivity contribution < 1.29 is 13.9 Å². The maximum atomic E-state index is 13.4. The molecule has 132 valence electrons. The lowest BCUT2D eigenvalue weighted by atomic mass is 10.1. The molecule has 1 aliphatic heterocycles. The zero-order chi connectivity index (χ0) is 15.2. The van der Waals surface area contributed by atoms with Crippen molar-refractivity contribution >= 4 is 42.1 Å². The van der Waals surface area contributed by atoms with Gasteiger partial charge in [0, 0.05) is 25.0 Å². The molecule has 1 atom stereocenters. The Bertz CT molecular complexity index is 498. The first-order chi connectivity index (χ1) is 10.0. The van der Waals surface area contributed by atoms with Crippen LogP contribution < -0.4 is 16.0 Å². The third kappa shape index (κ3) is 7.35. The van der Waals surface area contributed by atoms with Crippen LogP contribution in [-0.4, -0.2) is 37.7 Å². The molecule has 0 aromatic heterocycles. The van der Waals surface area contributed by atoms with E-state index in [-0.39, 0.29) is 48.6 Å². The first-order valence-electron chi connectivity index (χ1n) is 7.21. The van der Waals surface area contributed by atoms with Gasteiger partial charge in [0.2, 0.25) is 5.91 Å². The Labute approximate surface area is 148 Å². The molecule has 1 amide bonds. The number of benzene rings is 1. The van der Waals surface area contributed by atoms with Crippen LogP contribution in [0.3, 0.4) is 0 Å². The van der Waals surface area contributed by atoms with Gasteiger partial charge in [-0.3, -0.25) is 4.79 Å². The van der Waals surface area contributed by atoms with E-state index in [0.29, 0.717) is 31.0 Å². The molecule has 1 aliphatic rings. The van der Waals surface area contributed by atoms with E-state index >= 15 is 0 Å². The number of hydrogen-bond donors (Lipinski definition) is 3. The summed E-state index contributed by atoms with van der Waals surface area (Å²) in [6, 6.07) is 4.53. The molecule has 0 bridgehead atoms. The van der Waals surface area contributed by atoms with Gasteiger partial charge in [0.05, 0.1) is 24.6 Å². The minimum atomic E-state index is -0.376. The molecule has 23 heavy (non-hydrogen) atoms. The van der Waals surface area contributed by atoms with Gasteiger partial charge in [0.15, 0.2) is 0 Å². The average Bonchev–Trinajstić information content (AvgIpc) is 2.42. The van der Waals surface area contributed by atoms with Crippen LogP contribution in [0.1, 0.15) is 20.3 Å². The van der Waals surface area contributed by atoms with Gasteiger partial charge in [-0.15, -0.1) is 24.8 Å². The molecular formula is C15H24Cl2FN3O2. The molecule has 1 unspecified atom stereocenters. The van der Waals surface area contributed by atoms with Gasteiger partial charge in [0.1, 0.15) is 5.82 Å². The third-order valence-electron chi connectivity index (χ3n) is 3.13. The zero-order valence-electron chi connectivity index (χ0n) is 13.2. The van der Waals surface area contributed by atoms with Gasteiger partial charge in [-0.25, -0.2) is 4.39 Å². The van der Waals surface area contributed by atoms with Crippen molar-refractivity contribution in [3.8, 4) is 0 Å². The van der Waals surface area contributed by atoms with E-state index < -0.39 is 0 Å². The van der Waals surface area contributed by atoms with Crippen LogP contribution in [0.25, 0.3) is 0 Å². The molecule has 1 heterocycles. The SMILES string of the molecule is CC(C)Nc1ccc(F)cc1NC(=O)CC1COCCN1.Cl.Cl. The van der Waals surface area contributed by atoms with Crippen LogP contribution in [0.4, 0.5) is 15.8 Å². The summed E-state index contributed by atoms with van der Waals surface area (Å²) in [6.45, 7) is 5.91. The first kappa shape index (κ1) is 21.9. The molecule has 0 saturated carbocycles. The molecule has 1 aromatic rings. The predicted molar refractivity (Wildman–Crippen MR) is 95.5 cm³/mol. The van der Waals surface area contributed by atoms with Gasteiger partial charge in [-0.2, -0.15) is 0 Å². The van der Waals surface area contributed by atoms with E-state index in [1.165, 1.54) is 12.1 Å². The number of amides is 1. The minimum Gasteiger partial charge on any atom is -0.381 e. The highest BCUT2D eigenvalue weighted by Crippen LogP contribution is 2.24. The maximum Gasteiger partial charge on any atom is 0.226 e. The number of rotatable bonds is 5. The Kier molecular flexibility index (Phi) is 10.1. The largest absolute Gasteiger partial charge is 0.381 e. The standard InChI is InChI=1S/C15H22FN3O2.2ClH/c1-10(2)18-13-4-3-11(16)7-14(13)19-15(20)8-12-9-21-6-5-17-12;;/h3-4,7,10,12,17-18H,5-6,8-9H2,1-2H3,(H,19,20);2*1H. The predicted octanol–water partition coefficient (Wildman–Crippen LogP) is 2.81. The van der Waals surface area contributed by atoms with E-state index in [4.69, 9.17) is 4.74 Å². The van der Waals surface area contributed by atoms with Crippen molar-refractivity contribution in [1.82, 2.24) is 5.32 Å². The lowest BCUT2D eigenvalue weighted by Crippen LogP contribution is -2.43. The third-order valence-corrected chi connectivity index (χ3v) is 3.13. The second kappa shape index (κ2) is 10.6. The summed E-state index contributed by atoms with van der Waals surface area (Å²) in [5, 5.41) is 9.17. The number of anilines is 2. The number of carbonyl (C=O) groups excluding carboxylic acids is 1. The van der Waals surface area contributed by atoms with Gasteiger partial charge in [-0.1, -0.05) is 0 Å². The first-order valence-corrected chi connectivity index (χ1v) is 7.21. The minimum absolute atomic E-state index is 0. The number of ether oxygens (including phenoxy) is 1. The highest BCUT2D eigenvalue weighted by atomic mass is 35.5. The fourth-order valence-electron chi connectivity index (χ4n) is 2.23. The molecular weight excluding hydrogens is 344 g/mol. The number of hydrogen-bond acceptors (Lipinski definition) is 4. The van der Waals surface area contributed by atoms with Crippen LogP contribution in [0.5, 0.6) is 0 Å². The number of halogens is 3. The molecule has 0 spiro atoms. The number of nitrogens with one attached hydrogen (secondary N) is 3. The normalized spacial score (nSPS) is 17.0. The summed E-state index contributed by atoms with van der Waals surface area (Å²) in [5.74, 6) is -0.533. The molecule has 1 saturated heterocycles. The fraction of sp³-hybridized carbons (Fsp3) is 0.533. The Morgan fingerprint density at radius 3 is 2.74 bits per heavy atom. The Balaban J connectivity index is 0.00000242. The monoisotopic (exact) mass is 367 g/mol. The molecule has 0 aliphatic carbocycles. The van der Waals surface area contributed by atoms with E-state index in [1.54, 1.807) is 6.07 Å². The van der Waals surface area contributed by atoms with Gasteiger partial charge >= 0.3 is 0 Å². The van der Waals surface area contributed by atoms with Crippen LogP contribution >= 0.6 is 24.8 Å². The summed E-state index contributed by atoms with van der Waals surface area (Å²) in [4.78, 5) is 12.1. The summed E-state index contributed by atoms with van der Waals surface area (Å²) < 4.78 is 18.7. The van der Waals surface area contributed by atoms with Crippen LogP contribution in [0.15, 0.2) is 18.2 Å². The number of carbonyl (C=O) groups is 1. The lowest BCUT2D eigenvalue weighted by molar-refractivity contribution is -0.117. The molecule has 3 N–H and O–H groups in total. The molecule has 2 rings (SSSR count). The van der Waals surface area contributed by atoms with Crippen molar-refractivity contribution in [3.63, 3.8) is 0 Å². The topological polar surface area (TPSA) is 62.4 Å². The summed E-state index contributed by atoms with van der Waals surface area (Å²) in [5.41, 5.74) is 1.18. The maximum absolute atomic E-state index is 13.4. The average molecular weight is 368 g/mol. The zero-order valence-corrected chi connectivity index (χ0v) is 14.9. The fourth-order valence-corrected chi connectivity index (χ4v) is 2.23. The smallest absolute Gasteiger partial charge is 0.226 e. The second-order valence-electron chi connectivity index (χ2n) is 5.47. The summed E-state index contributed by atoms with van der Waals surface area (Å²) >= 11 is 0. The van der Waals surface area contributed by atoms with Crippen molar-refractivity contribution in [3.05, 3.63) is 24.0 Å². The second-order valence-corrected chi connectivity index (χ2v) is 5.47. The lowest BCUT2D eigenvalue weighted by Gasteiger charge is -2.23. The van der Waals surface area contributed by atoms with Gasteiger partial charge < -0.3 is 20.7 Å². The van der Waals surface area contributed by atoms with Crippen LogP contribution in [-0.2, 0) is 9.53 Å². The summed E-state index contributed by atoms with van der Waals surface area (Å²) in [6.07, 6.45) is 0.303. The molecule has 5 nitrogen and oxygen atoms in total. The van der Waals surface area contributed by atoms with E-state index in [9.17, 15) is 9.18 Å². The molecule has 0 radical (unpaired) electrons. The number of morpholine rings is 1. The highest BCUT2D eigenvalue weighted by molar-refractivity contribution is 5.94. The highest BCUT2D eigenvalue weighted by Gasteiger charge is 2.18. The van der Waals surface area contributed by atoms with Crippen molar-refractivity contribution in [1.29, 1.82) is 0 Å². The van der Waals surface area contributed by atoms with Crippen molar-refractivity contribution in [2.75, 3.05) is 30.4 Å². The van der Waals surface area contributed by atoms with E-state index in [2.05, 4.69) is 16.0 Å². The van der Waals surface area contributed by atoms with Crippen molar-refractivity contribution in [2.45, 2.75) is 32.4 Å². The Morgan fingerprint density at radius 2 is 2.13 bits per heavy atom. The molecule has 8 heteroatoms. The van der Waals surface area contributed by atoms with Crippen LogP contribution in [0.2, 0.25) is 0 Å². The summed E-state index contributed by atoms with van der Waals surface area (Å²) in [7, 11) is 0. The molecule has 1 aromatic carbocycles. The Hall–Kier alpha value is -1.08.